The Morgan fingerprint density at radius 1 is 1.13 bits per heavy atom. The second-order valence-corrected chi connectivity index (χ2v) is 6.68. The standard InChI is InChI=1S/C6H11N2.C2F6NO4S2/c1-3-8-5-4-7(2)6-8;3-1(4,5)14(10,11)9-15(12,13)2(6,7)8/h4-6H,3H2,1-2H3;/q+1;-1/i1D3,2D3,3D2;. The van der Waals surface area contributed by atoms with Gasteiger partial charge in [0, 0.05) is 4.11 Å². The van der Waals surface area contributed by atoms with Crippen LogP contribution in [0.5, 0.6) is 0 Å². The summed E-state index contributed by atoms with van der Waals surface area (Å²) in [6.45, 7) is -7.95. The van der Waals surface area contributed by atoms with Crippen LogP contribution in [-0.2, 0) is 33.5 Å². The predicted molar refractivity (Wildman–Crippen MR) is 64.6 cm³/mol. The maximum Gasteiger partial charge on any atom is 0.480 e. The van der Waals surface area contributed by atoms with Gasteiger partial charge in [-0.15, -0.1) is 0 Å². The maximum absolute atomic E-state index is 11.4. The van der Waals surface area contributed by atoms with Gasteiger partial charge in [0.25, 0.3) is 0 Å². The fourth-order valence-corrected chi connectivity index (χ4v) is 2.34. The van der Waals surface area contributed by atoms with E-state index in [1.165, 1.54) is 0 Å². The lowest BCUT2D eigenvalue weighted by Crippen LogP contribution is -2.30. The first-order valence-corrected chi connectivity index (χ1v) is 7.52. The van der Waals surface area contributed by atoms with E-state index >= 15 is 0 Å². The fourth-order valence-electron chi connectivity index (χ4n) is 0.634. The summed E-state index contributed by atoms with van der Waals surface area (Å²) in [6.07, 6.45) is 3.11. The molecule has 0 saturated carbocycles. The molecular weight excluding hydrogens is 380 g/mol. The molecule has 0 N–H and O–H groups in total. The van der Waals surface area contributed by atoms with Gasteiger partial charge in [-0.05, 0) is 6.85 Å². The molecule has 0 aliphatic rings. The Morgan fingerprint density at radius 3 is 1.91 bits per heavy atom. The Morgan fingerprint density at radius 2 is 1.61 bits per heavy atom. The SMILES string of the molecule is O=S(=O)([N-]S(=O)(=O)C(F)(F)F)C(F)(F)F.[2H]C([2H])([2H])[n+]1ccn(C([2H])([2H])C([2H])([2H])[2H])c1. The highest BCUT2D eigenvalue weighted by Gasteiger charge is 2.46. The lowest BCUT2D eigenvalue weighted by Gasteiger charge is -2.22. The zero-order chi connectivity index (χ0) is 25.5. The number of hydrogen-bond acceptors (Lipinski definition) is 4. The number of halogens is 6. The van der Waals surface area contributed by atoms with Crippen molar-refractivity contribution >= 4 is 20.0 Å². The summed E-state index contributed by atoms with van der Waals surface area (Å²) in [5.74, 6) is 0. The first-order chi connectivity index (χ1) is 13.2. The Hall–Kier alpha value is -1.35. The van der Waals surface area contributed by atoms with E-state index in [0.717, 1.165) is 32.0 Å². The minimum atomic E-state index is -6.72. The Kier molecular flexibility index (Phi) is 3.44. The fraction of sp³-hybridized carbons (Fsp3) is 0.625. The third-order valence-electron chi connectivity index (χ3n) is 1.55. The van der Waals surface area contributed by atoms with Gasteiger partial charge < -0.3 is 4.13 Å². The van der Waals surface area contributed by atoms with E-state index in [9.17, 15) is 43.2 Å². The van der Waals surface area contributed by atoms with Gasteiger partial charge in [-0.1, -0.05) is 0 Å². The van der Waals surface area contributed by atoms with Gasteiger partial charge in [-0.3, -0.25) is 0 Å². The number of sulfonamides is 2. The zero-order valence-electron chi connectivity index (χ0n) is 18.3. The Bertz CT molecular complexity index is 939. The van der Waals surface area contributed by atoms with Crippen molar-refractivity contribution < 1.29 is 58.7 Å². The average molecular weight is 399 g/mol. The summed E-state index contributed by atoms with van der Waals surface area (Å²) in [6, 6.07) is 0. The molecule has 0 aliphatic carbocycles. The number of imidazole rings is 1. The largest absolute Gasteiger partial charge is 0.480 e. The molecule has 0 aromatic carbocycles. The summed E-state index contributed by atoms with van der Waals surface area (Å²) in [7, 11) is -13.4. The highest BCUT2D eigenvalue weighted by molar-refractivity contribution is 8.13. The van der Waals surface area contributed by atoms with Crippen molar-refractivity contribution in [3.8, 4) is 0 Å². The van der Waals surface area contributed by atoms with Gasteiger partial charge in [0.15, 0.2) is 20.0 Å². The molecule has 0 radical (unpaired) electrons. The monoisotopic (exact) mass is 399 g/mol. The van der Waals surface area contributed by atoms with Gasteiger partial charge in [-0.2, -0.15) is 26.3 Å². The maximum atomic E-state index is 11.4. The molecule has 0 aliphatic heterocycles. The van der Waals surface area contributed by atoms with Crippen molar-refractivity contribution in [1.82, 2.24) is 4.57 Å². The second kappa shape index (κ2) is 7.04. The first kappa shape index (κ1) is 11.2. The minimum Gasteiger partial charge on any atom is -0.421 e. The molecule has 0 bridgehead atoms. The average Bonchev–Trinajstić information content (AvgIpc) is 2.93. The van der Waals surface area contributed by atoms with Crippen molar-refractivity contribution in [3.63, 3.8) is 0 Å². The number of hydrogen-bond donors (Lipinski definition) is 0. The van der Waals surface area contributed by atoms with E-state index in [1.807, 2.05) is 0 Å². The van der Waals surface area contributed by atoms with E-state index < -0.39 is 51.4 Å². The smallest absolute Gasteiger partial charge is 0.421 e. The Balaban J connectivity index is 0.000000582. The van der Waals surface area contributed by atoms with Crippen molar-refractivity contribution in [3.05, 3.63) is 22.8 Å². The highest BCUT2D eigenvalue weighted by atomic mass is 32.3. The number of alkyl halides is 6. The van der Waals surface area contributed by atoms with E-state index in [1.54, 1.807) is 0 Å². The molecular formula is C8H11F6N3O4S2. The summed E-state index contributed by atoms with van der Waals surface area (Å²) >= 11 is 0. The molecule has 1 aromatic rings. The van der Waals surface area contributed by atoms with Crippen molar-refractivity contribution in [2.45, 2.75) is 24.4 Å². The van der Waals surface area contributed by atoms with Crippen LogP contribution in [0.25, 0.3) is 4.13 Å². The third kappa shape index (κ3) is 6.34. The molecule has 0 atom stereocenters. The van der Waals surface area contributed by atoms with E-state index in [-0.39, 0.29) is 0 Å². The second-order valence-electron chi connectivity index (χ2n) is 3.26. The normalized spacial score (nSPS) is 20.3. The molecule has 1 rings (SSSR count). The lowest BCUT2D eigenvalue weighted by atomic mass is 10.7. The molecule has 15 heteroatoms. The van der Waals surface area contributed by atoms with Crippen LogP contribution < -0.4 is 4.57 Å². The number of rotatable bonds is 3. The number of aromatic nitrogens is 2. The van der Waals surface area contributed by atoms with Gasteiger partial charge in [-0.25, -0.2) is 26.0 Å². The van der Waals surface area contributed by atoms with Crippen LogP contribution in [0, 0.1) is 0 Å². The van der Waals surface area contributed by atoms with Gasteiger partial charge >= 0.3 is 11.0 Å². The van der Waals surface area contributed by atoms with Gasteiger partial charge in [0.1, 0.15) is 12.4 Å². The van der Waals surface area contributed by atoms with E-state index in [4.69, 9.17) is 11.0 Å². The molecule has 0 amide bonds. The number of nitrogens with zero attached hydrogens (tertiary/aromatic N) is 3. The van der Waals surface area contributed by atoms with Crippen LogP contribution in [0.1, 0.15) is 17.8 Å². The molecule has 1 aromatic heterocycles. The summed E-state index contributed by atoms with van der Waals surface area (Å²) in [5, 5.41) is 0. The third-order valence-corrected chi connectivity index (χ3v) is 4.29. The summed E-state index contributed by atoms with van der Waals surface area (Å²) in [4.78, 5) is 0. The van der Waals surface area contributed by atoms with Crippen LogP contribution in [0.3, 0.4) is 0 Å². The topological polar surface area (TPSA) is 91.2 Å². The molecule has 1 heterocycles. The van der Waals surface area contributed by atoms with Crippen LogP contribution >= 0.6 is 0 Å². The van der Waals surface area contributed by atoms with Gasteiger partial charge in [0.05, 0.1) is 20.3 Å². The lowest BCUT2D eigenvalue weighted by molar-refractivity contribution is -0.671. The van der Waals surface area contributed by atoms with Crippen LogP contribution in [0.4, 0.5) is 26.3 Å². The predicted octanol–water partition coefficient (Wildman–Crippen LogP) is 1.39. The summed E-state index contributed by atoms with van der Waals surface area (Å²) in [5.41, 5.74) is -12.4. The van der Waals surface area contributed by atoms with Crippen LogP contribution in [0.2, 0.25) is 0 Å². The zero-order valence-corrected chi connectivity index (χ0v) is 11.9. The quantitative estimate of drug-likeness (QED) is 0.567. The molecule has 0 spiro atoms. The Labute approximate surface area is 138 Å². The summed E-state index contributed by atoms with van der Waals surface area (Å²) < 4.78 is 168. The molecule has 0 unspecified atom stereocenters. The molecule has 0 saturated heterocycles. The van der Waals surface area contributed by atoms with Crippen LogP contribution in [0.15, 0.2) is 18.7 Å². The highest BCUT2D eigenvalue weighted by Crippen LogP contribution is 2.36. The van der Waals surface area contributed by atoms with E-state index in [0.29, 0.717) is 0 Å². The van der Waals surface area contributed by atoms with Gasteiger partial charge in [0.2, 0.25) is 6.33 Å². The van der Waals surface area contributed by atoms with Crippen LogP contribution in [-0.4, -0.2) is 32.4 Å². The van der Waals surface area contributed by atoms with E-state index in [2.05, 4.69) is 0 Å². The molecule has 0 fully saturated rings. The minimum absolute atomic E-state index is 0.729. The first-order valence-electron chi connectivity index (χ1n) is 8.64. The van der Waals surface area contributed by atoms with Crippen molar-refractivity contribution in [1.29, 1.82) is 0 Å². The number of aryl methyl sites for hydroxylation is 2. The van der Waals surface area contributed by atoms with Crippen molar-refractivity contribution in [2.24, 2.45) is 6.98 Å². The molecule has 23 heavy (non-hydrogen) atoms. The molecule has 7 nitrogen and oxygen atoms in total. The van der Waals surface area contributed by atoms with Crippen molar-refractivity contribution in [2.75, 3.05) is 0 Å². The molecule has 136 valence electrons.